The molecule has 4 nitrogen and oxygen atoms in total. The minimum atomic E-state index is 0.0902. The number of carbonyl (C=O) groups is 1. The minimum absolute atomic E-state index is 0.0902. The van der Waals surface area contributed by atoms with Crippen LogP contribution in [0.2, 0.25) is 0 Å². The van der Waals surface area contributed by atoms with Crippen LogP contribution in [0.25, 0.3) is 11.1 Å². The molecule has 0 saturated heterocycles. The van der Waals surface area contributed by atoms with E-state index in [9.17, 15) is 4.79 Å². The molecule has 0 aliphatic rings. The summed E-state index contributed by atoms with van der Waals surface area (Å²) in [4.78, 5) is 12.2. The Kier molecular flexibility index (Phi) is 5.04. The Morgan fingerprint density at radius 1 is 0.864 bits per heavy atom. The Morgan fingerprint density at radius 3 is 2.05 bits per heavy atom. The molecule has 0 spiro atoms. The number of hydrogen-bond acceptors (Lipinski definition) is 4. The summed E-state index contributed by atoms with van der Waals surface area (Å²) in [5, 5.41) is 0. The van der Waals surface area contributed by atoms with E-state index in [1.165, 1.54) is 0 Å². The molecule has 2 aromatic carbocycles. The summed E-state index contributed by atoms with van der Waals surface area (Å²) in [6.45, 7) is 1.85. The summed E-state index contributed by atoms with van der Waals surface area (Å²) in [6, 6.07) is 11.1. The van der Waals surface area contributed by atoms with E-state index in [2.05, 4.69) is 0 Å². The van der Waals surface area contributed by atoms with Crippen molar-refractivity contribution in [2.45, 2.75) is 13.3 Å². The Balaban J connectivity index is 2.69. The second-order valence-electron chi connectivity index (χ2n) is 4.73. The molecule has 0 aliphatic heterocycles. The van der Waals surface area contributed by atoms with Crippen LogP contribution in [0.15, 0.2) is 36.4 Å². The number of methoxy groups -OCH3 is 3. The smallest absolute Gasteiger partial charge is 0.164 e. The van der Waals surface area contributed by atoms with E-state index in [-0.39, 0.29) is 5.78 Å². The van der Waals surface area contributed by atoms with Gasteiger partial charge in [0, 0.05) is 23.6 Å². The largest absolute Gasteiger partial charge is 0.496 e. The number of benzene rings is 2. The summed E-state index contributed by atoms with van der Waals surface area (Å²) >= 11 is 0. The van der Waals surface area contributed by atoms with Crippen molar-refractivity contribution in [1.29, 1.82) is 0 Å². The fourth-order valence-electron chi connectivity index (χ4n) is 2.39. The molecule has 0 amide bonds. The average molecular weight is 300 g/mol. The summed E-state index contributed by atoms with van der Waals surface area (Å²) in [6.07, 6.45) is 0.451. The van der Waals surface area contributed by atoms with Crippen molar-refractivity contribution in [3.63, 3.8) is 0 Å². The summed E-state index contributed by atoms with van der Waals surface area (Å²) in [7, 11) is 4.75. The number of ether oxygens (including phenoxy) is 3. The molecule has 0 radical (unpaired) electrons. The lowest BCUT2D eigenvalue weighted by Crippen LogP contribution is -2.01. The molecule has 2 aromatic rings. The molecule has 0 aliphatic carbocycles. The quantitative estimate of drug-likeness (QED) is 0.757. The van der Waals surface area contributed by atoms with Gasteiger partial charge in [-0.25, -0.2) is 0 Å². The maximum Gasteiger partial charge on any atom is 0.164 e. The molecule has 0 heterocycles. The lowest BCUT2D eigenvalue weighted by molar-refractivity contribution is 0.0989. The lowest BCUT2D eigenvalue weighted by Gasteiger charge is -2.16. The second kappa shape index (κ2) is 6.98. The van der Waals surface area contributed by atoms with Crippen LogP contribution in [0.5, 0.6) is 17.2 Å². The monoisotopic (exact) mass is 300 g/mol. The summed E-state index contributed by atoms with van der Waals surface area (Å²) in [5.41, 5.74) is 2.31. The van der Waals surface area contributed by atoms with Gasteiger partial charge in [0.05, 0.1) is 21.3 Å². The van der Waals surface area contributed by atoms with Gasteiger partial charge in [-0.05, 0) is 11.6 Å². The van der Waals surface area contributed by atoms with Gasteiger partial charge in [-0.15, -0.1) is 0 Å². The maximum atomic E-state index is 12.2. The molecule has 22 heavy (non-hydrogen) atoms. The lowest BCUT2D eigenvalue weighted by atomic mass is 9.95. The topological polar surface area (TPSA) is 44.8 Å². The van der Waals surface area contributed by atoms with E-state index in [1.807, 2.05) is 37.3 Å². The molecule has 0 atom stereocenters. The molecule has 0 unspecified atom stereocenters. The molecular weight excluding hydrogens is 280 g/mol. The van der Waals surface area contributed by atoms with Gasteiger partial charge in [0.1, 0.15) is 5.75 Å². The van der Waals surface area contributed by atoms with Gasteiger partial charge in [-0.1, -0.05) is 31.2 Å². The van der Waals surface area contributed by atoms with Crippen molar-refractivity contribution in [2.24, 2.45) is 0 Å². The standard InChI is InChI=1S/C18H20O4/c1-5-15(19)13-9-7-6-8-12(13)14-10-17(21-3)18(22-4)11-16(14)20-2/h6-11H,5H2,1-4H3. The van der Waals surface area contributed by atoms with Crippen molar-refractivity contribution in [1.82, 2.24) is 0 Å². The van der Waals surface area contributed by atoms with Crippen molar-refractivity contribution in [3.05, 3.63) is 42.0 Å². The van der Waals surface area contributed by atoms with E-state index in [0.29, 0.717) is 29.2 Å². The molecule has 0 saturated carbocycles. The van der Waals surface area contributed by atoms with Crippen LogP contribution in [0, 0.1) is 0 Å². The van der Waals surface area contributed by atoms with Crippen molar-refractivity contribution < 1.29 is 19.0 Å². The Hall–Kier alpha value is -2.49. The van der Waals surface area contributed by atoms with Gasteiger partial charge in [-0.2, -0.15) is 0 Å². The summed E-state index contributed by atoms with van der Waals surface area (Å²) < 4.78 is 16.1. The number of carbonyl (C=O) groups excluding carboxylic acids is 1. The second-order valence-corrected chi connectivity index (χ2v) is 4.73. The zero-order valence-electron chi connectivity index (χ0n) is 13.3. The first kappa shape index (κ1) is 15.9. The molecule has 0 N–H and O–H groups in total. The first-order valence-electron chi connectivity index (χ1n) is 7.08. The average Bonchev–Trinajstić information content (AvgIpc) is 2.59. The molecule has 0 fully saturated rings. The first-order valence-corrected chi connectivity index (χ1v) is 7.08. The number of rotatable bonds is 6. The van der Waals surface area contributed by atoms with Crippen LogP contribution in [0.4, 0.5) is 0 Å². The van der Waals surface area contributed by atoms with Gasteiger partial charge in [0.25, 0.3) is 0 Å². The summed E-state index contributed by atoms with van der Waals surface area (Å²) in [5.74, 6) is 1.90. The van der Waals surface area contributed by atoms with Gasteiger partial charge in [-0.3, -0.25) is 4.79 Å². The van der Waals surface area contributed by atoms with Crippen molar-refractivity contribution >= 4 is 5.78 Å². The van der Waals surface area contributed by atoms with Gasteiger partial charge in [0.15, 0.2) is 17.3 Å². The van der Waals surface area contributed by atoms with E-state index >= 15 is 0 Å². The highest BCUT2D eigenvalue weighted by Crippen LogP contribution is 2.41. The number of hydrogen-bond donors (Lipinski definition) is 0. The van der Waals surface area contributed by atoms with E-state index in [4.69, 9.17) is 14.2 Å². The number of ketones is 1. The first-order chi connectivity index (χ1) is 10.7. The van der Waals surface area contributed by atoms with Crippen LogP contribution in [0.1, 0.15) is 23.7 Å². The predicted octanol–water partition coefficient (Wildman–Crippen LogP) is 3.97. The third-order valence-electron chi connectivity index (χ3n) is 3.54. The normalized spacial score (nSPS) is 10.2. The zero-order chi connectivity index (χ0) is 16.1. The molecule has 4 heteroatoms. The van der Waals surface area contributed by atoms with Gasteiger partial charge in [0.2, 0.25) is 0 Å². The van der Waals surface area contributed by atoms with E-state index < -0.39 is 0 Å². The van der Waals surface area contributed by atoms with Crippen molar-refractivity contribution in [3.8, 4) is 28.4 Å². The molecule has 2 rings (SSSR count). The fourth-order valence-corrected chi connectivity index (χ4v) is 2.39. The van der Waals surface area contributed by atoms with Crippen LogP contribution in [0.3, 0.4) is 0 Å². The molecular formula is C18H20O4. The van der Waals surface area contributed by atoms with Crippen molar-refractivity contribution in [2.75, 3.05) is 21.3 Å². The van der Waals surface area contributed by atoms with Crippen LogP contribution in [-0.2, 0) is 0 Å². The third kappa shape index (κ3) is 2.91. The number of Topliss-reactive ketones (excluding diaryl/α,β-unsaturated/α-hetero) is 1. The third-order valence-corrected chi connectivity index (χ3v) is 3.54. The molecule has 116 valence electrons. The Morgan fingerprint density at radius 2 is 1.45 bits per heavy atom. The zero-order valence-corrected chi connectivity index (χ0v) is 13.3. The Labute approximate surface area is 130 Å². The Bertz CT molecular complexity index is 677. The van der Waals surface area contributed by atoms with Gasteiger partial charge >= 0.3 is 0 Å². The fraction of sp³-hybridized carbons (Fsp3) is 0.278. The van der Waals surface area contributed by atoms with E-state index in [0.717, 1.165) is 11.1 Å². The highest BCUT2D eigenvalue weighted by molar-refractivity contribution is 6.03. The SMILES string of the molecule is CCC(=O)c1ccccc1-c1cc(OC)c(OC)cc1OC. The molecule has 0 aromatic heterocycles. The van der Waals surface area contributed by atoms with Crippen LogP contribution >= 0.6 is 0 Å². The van der Waals surface area contributed by atoms with Crippen LogP contribution in [-0.4, -0.2) is 27.1 Å². The molecule has 0 bridgehead atoms. The van der Waals surface area contributed by atoms with E-state index in [1.54, 1.807) is 27.4 Å². The highest BCUT2D eigenvalue weighted by Gasteiger charge is 2.17. The predicted molar refractivity (Wildman–Crippen MR) is 86.2 cm³/mol. The van der Waals surface area contributed by atoms with Crippen LogP contribution < -0.4 is 14.2 Å². The van der Waals surface area contributed by atoms with Gasteiger partial charge < -0.3 is 14.2 Å². The highest BCUT2D eigenvalue weighted by atomic mass is 16.5. The maximum absolute atomic E-state index is 12.2. The minimum Gasteiger partial charge on any atom is -0.496 e.